The summed E-state index contributed by atoms with van der Waals surface area (Å²) in [6.07, 6.45) is 4.31. The molecule has 1 aliphatic rings. The van der Waals surface area contributed by atoms with E-state index in [0.717, 1.165) is 19.3 Å². The molecule has 0 N–H and O–H groups in total. The molecule has 1 fully saturated rings. The van der Waals surface area contributed by atoms with Crippen molar-refractivity contribution in [1.82, 2.24) is 4.31 Å². The van der Waals surface area contributed by atoms with Crippen LogP contribution in [0.15, 0.2) is 0 Å². The first kappa shape index (κ1) is 15.6. The number of ketones is 1. The molecule has 0 aromatic heterocycles. The summed E-state index contributed by atoms with van der Waals surface area (Å²) in [6.45, 7) is 3.80. The lowest BCUT2D eigenvalue weighted by molar-refractivity contribution is -0.124. The van der Waals surface area contributed by atoms with E-state index in [4.69, 9.17) is 4.74 Å². The highest BCUT2D eigenvalue weighted by molar-refractivity contribution is 7.88. The maximum Gasteiger partial charge on any atom is 0.211 e. The molecule has 6 heteroatoms. The minimum atomic E-state index is -3.12. The Morgan fingerprint density at radius 1 is 1.44 bits per heavy atom. The van der Waals surface area contributed by atoms with Gasteiger partial charge in [-0.25, -0.2) is 12.7 Å². The summed E-state index contributed by atoms with van der Waals surface area (Å²) in [5, 5.41) is 0. The molecule has 0 aromatic rings. The van der Waals surface area contributed by atoms with Crippen molar-refractivity contribution >= 4 is 15.8 Å². The zero-order valence-electron chi connectivity index (χ0n) is 11.2. The fraction of sp³-hybridized carbons (Fsp3) is 0.917. The second-order valence-corrected chi connectivity index (χ2v) is 6.91. The first-order valence-corrected chi connectivity index (χ1v) is 8.33. The van der Waals surface area contributed by atoms with Crippen LogP contribution in [0.3, 0.4) is 0 Å². The van der Waals surface area contributed by atoms with Gasteiger partial charge in [-0.1, -0.05) is 6.92 Å². The van der Waals surface area contributed by atoms with Gasteiger partial charge in [0.25, 0.3) is 0 Å². The molecule has 1 rings (SSSR count). The van der Waals surface area contributed by atoms with E-state index in [9.17, 15) is 13.2 Å². The highest BCUT2D eigenvalue weighted by atomic mass is 32.2. The van der Waals surface area contributed by atoms with Gasteiger partial charge in [-0.05, 0) is 25.2 Å². The zero-order valence-corrected chi connectivity index (χ0v) is 12.0. The van der Waals surface area contributed by atoms with E-state index in [1.807, 2.05) is 6.92 Å². The highest BCUT2D eigenvalue weighted by Crippen LogP contribution is 2.21. The van der Waals surface area contributed by atoms with Crippen molar-refractivity contribution < 1.29 is 17.9 Å². The molecule has 0 aromatic carbocycles. The van der Waals surface area contributed by atoms with Gasteiger partial charge in [0.1, 0.15) is 6.61 Å². The van der Waals surface area contributed by atoms with E-state index < -0.39 is 10.0 Å². The standard InChI is InChI=1S/C12H23NO4S/c1-3-7-17-10-12(14)8-11-5-4-6-13(9-11)18(2,15)16/h11H,3-10H2,1-2H3. The predicted octanol–water partition coefficient (Wildman–Crippen LogP) is 1.04. The normalized spacial score (nSPS) is 22.0. The largest absolute Gasteiger partial charge is 0.374 e. The SMILES string of the molecule is CCCOCC(=O)CC1CCCN(S(C)(=O)=O)C1. The summed E-state index contributed by atoms with van der Waals surface area (Å²) in [5.41, 5.74) is 0. The number of carbonyl (C=O) groups is 1. The van der Waals surface area contributed by atoms with E-state index in [1.165, 1.54) is 10.6 Å². The van der Waals surface area contributed by atoms with E-state index in [-0.39, 0.29) is 18.3 Å². The Balaban J connectivity index is 2.36. The van der Waals surface area contributed by atoms with Gasteiger partial charge in [0.05, 0.1) is 6.26 Å². The number of nitrogens with zero attached hydrogens (tertiary/aromatic N) is 1. The molecule has 1 heterocycles. The van der Waals surface area contributed by atoms with Crippen molar-refractivity contribution in [3.05, 3.63) is 0 Å². The minimum absolute atomic E-state index is 0.0730. The zero-order chi connectivity index (χ0) is 13.6. The second-order valence-electron chi connectivity index (χ2n) is 4.92. The fourth-order valence-electron chi connectivity index (χ4n) is 2.21. The van der Waals surface area contributed by atoms with Gasteiger partial charge < -0.3 is 4.74 Å². The average molecular weight is 277 g/mol. The summed E-state index contributed by atoms with van der Waals surface area (Å²) in [4.78, 5) is 11.6. The molecule has 0 amide bonds. The molecule has 1 atom stereocenters. The van der Waals surface area contributed by atoms with Crippen LogP contribution in [0.5, 0.6) is 0 Å². The van der Waals surface area contributed by atoms with Gasteiger partial charge in [-0.15, -0.1) is 0 Å². The Morgan fingerprint density at radius 2 is 2.17 bits per heavy atom. The topological polar surface area (TPSA) is 63.7 Å². The van der Waals surface area contributed by atoms with Gasteiger partial charge in [0, 0.05) is 26.1 Å². The minimum Gasteiger partial charge on any atom is -0.374 e. The van der Waals surface area contributed by atoms with Crippen molar-refractivity contribution in [2.75, 3.05) is 32.6 Å². The summed E-state index contributed by atoms with van der Waals surface area (Å²) >= 11 is 0. The van der Waals surface area contributed by atoms with Crippen molar-refractivity contribution in [3.8, 4) is 0 Å². The number of hydrogen-bond donors (Lipinski definition) is 0. The van der Waals surface area contributed by atoms with E-state index in [2.05, 4.69) is 0 Å². The summed E-state index contributed by atoms with van der Waals surface area (Å²) < 4.78 is 29.6. The van der Waals surface area contributed by atoms with Crippen molar-refractivity contribution in [1.29, 1.82) is 0 Å². The molecule has 0 saturated carbocycles. The fourth-order valence-corrected chi connectivity index (χ4v) is 3.15. The Hall–Kier alpha value is -0.460. The number of piperidine rings is 1. The lowest BCUT2D eigenvalue weighted by atomic mass is 9.94. The van der Waals surface area contributed by atoms with E-state index in [0.29, 0.717) is 26.1 Å². The molecule has 0 spiro atoms. The number of hydrogen-bond acceptors (Lipinski definition) is 4. The smallest absolute Gasteiger partial charge is 0.211 e. The van der Waals surface area contributed by atoms with Crippen molar-refractivity contribution in [2.24, 2.45) is 5.92 Å². The molecule has 18 heavy (non-hydrogen) atoms. The van der Waals surface area contributed by atoms with Crippen LogP contribution in [-0.4, -0.2) is 51.1 Å². The molecule has 5 nitrogen and oxygen atoms in total. The number of carbonyl (C=O) groups excluding carboxylic acids is 1. The van der Waals surface area contributed by atoms with Crippen LogP contribution >= 0.6 is 0 Å². The molecular formula is C12H23NO4S. The monoisotopic (exact) mass is 277 g/mol. The quantitative estimate of drug-likeness (QED) is 0.652. The summed E-state index contributed by atoms with van der Waals surface area (Å²) in [7, 11) is -3.12. The van der Waals surface area contributed by atoms with Crippen molar-refractivity contribution in [3.63, 3.8) is 0 Å². The van der Waals surface area contributed by atoms with Gasteiger partial charge in [-0.3, -0.25) is 4.79 Å². The second kappa shape index (κ2) is 7.21. The molecule has 106 valence electrons. The Morgan fingerprint density at radius 3 is 2.78 bits per heavy atom. The molecule has 1 unspecified atom stereocenters. The molecule has 0 radical (unpaired) electrons. The van der Waals surface area contributed by atoms with Crippen LogP contribution in [-0.2, 0) is 19.6 Å². The first-order valence-electron chi connectivity index (χ1n) is 6.48. The van der Waals surface area contributed by atoms with Crippen LogP contribution in [0.25, 0.3) is 0 Å². The lowest BCUT2D eigenvalue weighted by Crippen LogP contribution is -2.40. The van der Waals surface area contributed by atoms with Crippen LogP contribution in [0.4, 0.5) is 0 Å². The van der Waals surface area contributed by atoms with Gasteiger partial charge in [0.2, 0.25) is 10.0 Å². The summed E-state index contributed by atoms with van der Waals surface area (Å²) in [6, 6.07) is 0. The molecule has 1 aliphatic heterocycles. The van der Waals surface area contributed by atoms with E-state index in [1.54, 1.807) is 0 Å². The maximum atomic E-state index is 11.6. The lowest BCUT2D eigenvalue weighted by Gasteiger charge is -2.30. The first-order chi connectivity index (χ1) is 8.43. The number of ether oxygens (including phenoxy) is 1. The van der Waals surface area contributed by atoms with Gasteiger partial charge in [-0.2, -0.15) is 0 Å². The average Bonchev–Trinajstić information content (AvgIpc) is 2.28. The number of sulfonamides is 1. The number of Topliss-reactive ketones (excluding diaryl/α,β-unsaturated/α-hetero) is 1. The van der Waals surface area contributed by atoms with Crippen molar-refractivity contribution in [2.45, 2.75) is 32.6 Å². The number of rotatable bonds is 7. The third-order valence-electron chi connectivity index (χ3n) is 3.08. The Kier molecular flexibility index (Phi) is 6.25. The molecular weight excluding hydrogens is 254 g/mol. The third kappa shape index (κ3) is 5.46. The molecule has 0 aliphatic carbocycles. The van der Waals surface area contributed by atoms with E-state index >= 15 is 0 Å². The van der Waals surface area contributed by atoms with Crippen LogP contribution in [0.2, 0.25) is 0 Å². The summed E-state index contributed by atoms with van der Waals surface area (Å²) in [5.74, 6) is 0.218. The third-order valence-corrected chi connectivity index (χ3v) is 4.35. The van der Waals surface area contributed by atoms with Crippen LogP contribution < -0.4 is 0 Å². The highest BCUT2D eigenvalue weighted by Gasteiger charge is 2.27. The van der Waals surface area contributed by atoms with Gasteiger partial charge in [0.15, 0.2) is 5.78 Å². The Bertz CT molecular complexity index is 366. The molecule has 0 bridgehead atoms. The van der Waals surface area contributed by atoms with Gasteiger partial charge >= 0.3 is 0 Å². The predicted molar refractivity (Wildman–Crippen MR) is 69.9 cm³/mol. The molecule has 1 saturated heterocycles. The Labute approximate surface area is 110 Å². The van der Waals surface area contributed by atoms with Crippen LogP contribution in [0.1, 0.15) is 32.6 Å². The maximum absolute atomic E-state index is 11.6. The van der Waals surface area contributed by atoms with Crippen LogP contribution in [0, 0.1) is 5.92 Å².